The maximum Gasteiger partial charge on any atom is 0.260 e. The van der Waals surface area contributed by atoms with Gasteiger partial charge in [0.1, 0.15) is 17.1 Å². The first-order valence-corrected chi connectivity index (χ1v) is 12.1. The number of aliphatic hydroxyl groups is 1. The Labute approximate surface area is 209 Å². The molecule has 188 valence electrons. The fourth-order valence-corrected chi connectivity index (χ4v) is 4.52. The number of nitrogens with zero attached hydrogens (tertiary/aromatic N) is 2. The average Bonchev–Trinajstić information content (AvgIpc) is 3.36. The zero-order valence-electron chi connectivity index (χ0n) is 20.0. The largest absolute Gasteiger partial charge is 0.483 e. The Balaban J connectivity index is 1.41. The molecule has 0 aliphatic carbocycles. The normalized spacial score (nSPS) is 15.9. The van der Waals surface area contributed by atoms with Gasteiger partial charge in [-0.3, -0.25) is 14.6 Å². The summed E-state index contributed by atoms with van der Waals surface area (Å²) in [5, 5.41) is 12.4. The minimum absolute atomic E-state index is 0.0160. The number of carbonyl (C=O) groups excluding carboxylic acids is 2. The van der Waals surface area contributed by atoms with Crippen LogP contribution in [0, 0.1) is 5.82 Å². The molecule has 1 saturated heterocycles. The molecule has 0 radical (unpaired) electrons. The van der Waals surface area contributed by atoms with E-state index in [-0.39, 0.29) is 24.0 Å². The smallest absolute Gasteiger partial charge is 0.260 e. The third-order valence-electron chi connectivity index (χ3n) is 6.27. The van der Waals surface area contributed by atoms with Crippen LogP contribution in [0.1, 0.15) is 34.5 Å². The van der Waals surface area contributed by atoms with Gasteiger partial charge in [0.2, 0.25) is 0 Å². The Bertz CT molecular complexity index is 1160. The van der Waals surface area contributed by atoms with Crippen LogP contribution in [0.25, 0.3) is 0 Å². The quantitative estimate of drug-likeness (QED) is 0.455. The Morgan fingerprint density at radius 2 is 1.92 bits per heavy atom. The van der Waals surface area contributed by atoms with Gasteiger partial charge in [0, 0.05) is 30.9 Å². The molecule has 8 heteroatoms. The fraction of sp³-hybridized carbons (Fsp3) is 0.321. The second-order valence-electron chi connectivity index (χ2n) is 8.86. The van der Waals surface area contributed by atoms with Crippen molar-refractivity contribution in [3.05, 3.63) is 95.6 Å². The summed E-state index contributed by atoms with van der Waals surface area (Å²) in [7, 11) is 0. The van der Waals surface area contributed by atoms with E-state index in [2.05, 4.69) is 10.3 Å². The topological polar surface area (TPSA) is 91.8 Å². The van der Waals surface area contributed by atoms with Gasteiger partial charge in [0.15, 0.2) is 6.61 Å². The second-order valence-corrected chi connectivity index (χ2v) is 8.86. The predicted molar refractivity (Wildman–Crippen MR) is 133 cm³/mol. The van der Waals surface area contributed by atoms with Crippen molar-refractivity contribution in [3.8, 4) is 5.75 Å². The lowest BCUT2D eigenvalue weighted by atomic mass is 10.1. The van der Waals surface area contributed by atoms with Gasteiger partial charge in [-0.1, -0.05) is 42.5 Å². The standard InChI is InChI=1S/C28H30FN3O4/c29-24-12-6-13-25(36-19-26(34)31-22(18-33)16-20-8-2-1-3-9-20)27(24)28(35)32-15-7-11-23(32)17-21-10-4-5-14-30-21/h1-6,8-10,12-14,22-23,33H,7,11,15-19H2,(H,31,34)/t22-,23?/m0/s1. The molecular formula is C28H30FN3O4. The zero-order valence-corrected chi connectivity index (χ0v) is 20.0. The minimum Gasteiger partial charge on any atom is -0.483 e. The molecule has 2 heterocycles. The minimum atomic E-state index is -0.696. The van der Waals surface area contributed by atoms with Crippen LogP contribution in [0.3, 0.4) is 0 Å². The summed E-state index contributed by atoms with van der Waals surface area (Å²) in [5.74, 6) is -1.61. The van der Waals surface area contributed by atoms with Crippen LogP contribution >= 0.6 is 0 Å². The number of hydrogen-bond donors (Lipinski definition) is 2. The molecule has 4 rings (SSSR count). The number of aromatic nitrogens is 1. The molecule has 2 atom stereocenters. The van der Waals surface area contributed by atoms with Crippen molar-refractivity contribution in [3.63, 3.8) is 0 Å². The average molecular weight is 492 g/mol. The van der Waals surface area contributed by atoms with Gasteiger partial charge < -0.3 is 20.1 Å². The van der Waals surface area contributed by atoms with Crippen molar-refractivity contribution >= 4 is 11.8 Å². The molecule has 1 fully saturated rings. The van der Waals surface area contributed by atoms with E-state index in [9.17, 15) is 19.1 Å². The summed E-state index contributed by atoms with van der Waals surface area (Å²) in [6.45, 7) is -0.133. The number of benzene rings is 2. The van der Waals surface area contributed by atoms with E-state index in [1.165, 1.54) is 18.2 Å². The van der Waals surface area contributed by atoms with E-state index < -0.39 is 30.3 Å². The lowest BCUT2D eigenvalue weighted by Gasteiger charge is -2.26. The summed E-state index contributed by atoms with van der Waals surface area (Å²) in [6.07, 6.45) is 4.38. The van der Waals surface area contributed by atoms with Gasteiger partial charge in [-0.05, 0) is 49.1 Å². The molecule has 0 saturated carbocycles. The van der Waals surface area contributed by atoms with Crippen molar-refractivity contribution in [2.24, 2.45) is 0 Å². The number of hydrogen-bond acceptors (Lipinski definition) is 5. The number of nitrogens with one attached hydrogen (secondary N) is 1. The van der Waals surface area contributed by atoms with Crippen LogP contribution in [0.2, 0.25) is 0 Å². The molecule has 1 aliphatic rings. The molecule has 1 aromatic heterocycles. The summed E-state index contributed by atoms with van der Waals surface area (Å²) >= 11 is 0. The number of halogens is 1. The number of ether oxygens (including phenoxy) is 1. The van der Waals surface area contributed by atoms with E-state index >= 15 is 0 Å². The number of carbonyl (C=O) groups is 2. The lowest BCUT2D eigenvalue weighted by molar-refractivity contribution is -0.124. The predicted octanol–water partition coefficient (Wildman–Crippen LogP) is 3.17. The van der Waals surface area contributed by atoms with E-state index in [1.54, 1.807) is 11.1 Å². The first-order chi connectivity index (χ1) is 17.5. The number of aliphatic hydroxyl groups excluding tert-OH is 1. The van der Waals surface area contributed by atoms with Crippen molar-refractivity contribution in [1.29, 1.82) is 0 Å². The maximum absolute atomic E-state index is 14.9. The highest BCUT2D eigenvalue weighted by molar-refractivity contribution is 5.97. The van der Waals surface area contributed by atoms with Crippen LogP contribution in [0.4, 0.5) is 4.39 Å². The van der Waals surface area contributed by atoms with Gasteiger partial charge in [-0.15, -0.1) is 0 Å². The highest BCUT2D eigenvalue weighted by atomic mass is 19.1. The molecule has 2 amide bonds. The molecule has 2 aromatic carbocycles. The number of amides is 2. The molecule has 0 spiro atoms. The third-order valence-corrected chi connectivity index (χ3v) is 6.27. The molecule has 36 heavy (non-hydrogen) atoms. The number of rotatable bonds is 10. The van der Waals surface area contributed by atoms with E-state index in [1.807, 2.05) is 48.5 Å². The van der Waals surface area contributed by atoms with Crippen LogP contribution in [0.5, 0.6) is 5.75 Å². The van der Waals surface area contributed by atoms with Crippen molar-refractivity contribution in [2.75, 3.05) is 19.8 Å². The first-order valence-electron chi connectivity index (χ1n) is 12.1. The Kier molecular flexibility index (Phi) is 8.62. The van der Waals surface area contributed by atoms with Crippen molar-refractivity contribution < 1.29 is 23.8 Å². The summed E-state index contributed by atoms with van der Waals surface area (Å²) < 4.78 is 20.5. The van der Waals surface area contributed by atoms with Crippen LogP contribution < -0.4 is 10.1 Å². The monoisotopic (exact) mass is 491 g/mol. The summed E-state index contributed by atoms with van der Waals surface area (Å²) in [6, 6.07) is 18.7. The van der Waals surface area contributed by atoms with Gasteiger partial charge in [0.05, 0.1) is 12.6 Å². The van der Waals surface area contributed by atoms with E-state index in [4.69, 9.17) is 4.74 Å². The zero-order chi connectivity index (χ0) is 25.3. The van der Waals surface area contributed by atoms with Crippen molar-refractivity contribution in [2.45, 2.75) is 37.8 Å². The molecule has 1 aliphatic heterocycles. The Morgan fingerprint density at radius 3 is 2.67 bits per heavy atom. The van der Waals surface area contributed by atoms with Gasteiger partial charge in [-0.25, -0.2) is 4.39 Å². The highest BCUT2D eigenvalue weighted by Crippen LogP contribution is 2.28. The molecular weight excluding hydrogens is 461 g/mol. The van der Waals surface area contributed by atoms with E-state index in [0.29, 0.717) is 19.4 Å². The maximum atomic E-state index is 14.9. The number of pyridine rings is 1. The lowest BCUT2D eigenvalue weighted by Crippen LogP contribution is -2.41. The second kappa shape index (κ2) is 12.3. The van der Waals surface area contributed by atoms with Crippen LogP contribution in [0.15, 0.2) is 72.9 Å². The first kappa shape index (κ1) is 25.3. The highest BCUT2D eigenvalue weighted by Gasteiger charge is 2.33. The van der Waals surface area contributed by atoms with E-state index in [0.717, 1.165) is 24.1 Å². The summed E-state index contributed by atoms with van der Waals surface area (Å²) in [5.41, 5.74) is 1.67. The van der Waals surface area contributed by atoms with Crippen molar-refractivity contribution in [1.82, 2.24) is 15.2 Å². The SMILES string of the molecule is O=C(COc1cccc(F)c1C(=O)N1CCCC1Cc1ccccn1)N[C@H](CO)Cc1ccccc1. The molecule has 0 bridgehead atoms. The third kappa shape index (κ3) is 6.46. The molecule has 3 aromatic rings. The van der Waals surface area contributed by atoms with Gasteiger partial charge >= 0.3 is 0 Å². The number of likely N-dealkylation sites (tertiary alicyclic amines) is 1. The Hall–Kier alpha value is -3.78. The van der Waals surface area contributed by atoms with Gasteiger partial charge in [0.25, 0.3) is 11.8 Å². The fourth-order valence-electron chi connectivity index (χ4n) is 4.52. The molecule has 7 nitrogen and oxygen atoms in total. The van der Waals surface area contributed by atoms with Crippen LogP contribution in [-0.4, -0.2) is 58.6 Å². The molecule has 1 unspecified atom stereocenters. The molecule has 2 N–H and O–H groups in total. The summed E-state index contributed by atoms with van der Waals surface area (Å²) in [4.78, 5) is 31.9. The Morgan fingerprint density at radius 1 is 1.11 bits per heavy atom. The van der Waals surface area contributed by atoms with Gasteiger partial charge in [-0.2, -0.15) is 0 Å². The van der Waals surface area contributed by atoms with Crippen LogP contribution in [-0.2, 0) is 17.6 Å².